The van der Waals surface area contributed by atoms with Crippen molar-refractivity contribution in [2.75, 3.05) is 13.1 Å². The molecule has 0 radical (unpaired) electrons. The fourth-order valence-electron chi connectivity index (χ4n) is 3.58. The van der Waals surface area contributed by atoms with Crippen LogP contribution in [0.4, 0.5) is 0 Å². The Hall–Kier alpha value is -3.12. The van der Waals surface area contributed by atoms with E-state index in [9.17, 15) is 4.79 Å². The van der Waals surface area contributed by atoms with Crippen molar-refractivity contribution in [1.29, 1.82) is 0 Å². The van der Waals surface area contributed by atoms with Gasteiger partial charge in [0.2, 0.25) is 0 Å². The van der Waals surface area contributed by atoms with Gasteiger partial charge in [-0.3, -0.25) is 14.7 Å². The summed E-state index contributed by atoms with van der Waals surface area (Å²) in [5.74, 6) is -0.0955. The van der Waals surface area contributed by atoms with Crippen molar-refractivity contribution in [3.63, 3.8) is 0 Å². The molecule has 1 atom stereocenters. The largest absolute Gasteiger partial charge is 0.347 e. The molecule has 3 aromatic rings. The Kier molecular flexibility index (Phi) is 5.68. The molecule has 2 aromatic heterocycles. The quantitative estimate of drug-likeness (QED) is 0.745. The molecular weight excluding hydrogens is 350 g/mol. The highest BCUT2D eigenvalue weighted by molar-refractivity contribution is 5.92. The molecule has 0 saturated carbocycles. The van der Waals surface area contributed by atoms with Crippen LogP contribution < -0.4 is 5.32 Å². The van der Waals surface area contributed by atoms with Crippen LogP contribution in [0.2, 0.25) is 0 Å². The Morgan fingerprint density at radius 3 is 2.64 bits per heavy atom. The highest BCUT2D eigenvalue weighted by atomic mass is 16.1. The number of hydrogen-bond acceptors (Lipinski definition) is 5. The van der Waals surface area contributed by atoms with Crippen molar-refractivity contribution in [3.8, 4) is 11.1 Å². The molecule has 28 heavy (non-hydrogen) atoms. The Bertz CT molecular complexity index is 899. The molecule has 1 aliphatic rings. The third-order valence-electron chi connectivity index (χ3n) is 4.99. The van der Waals surface area contributed by atoms with Crippen LogP contribution in [0.3, 0.4) is 0 Å². The van der Waals surface area contributed by atoms with Gasteiger partial charge in [0, 0.05) is 43.3 Å². The molecule has 0 spiro atoms. The first-order valence-electron chi connectivity index (χ1n) is 9.56. The second-order valence-electron chi connectivity index (χ2n) is 7.09. The van der Waals surface area contributed by atoms with Gasteiger partial charge in [-0.1, -0.05) is 30.3 Å². The van der Waals surface area contributed by atoms with Crippen LogP contribution in [0.15, 0.2) is 67.4 Å². The summed E-state index contributed by atoms with van der Waals surface area (Å²) in [4.78, 5) is 27.0. The smallest absolute Gasteiger partial charge is 0.270 e. The normalized spacial score (nSPS) is 17.2. The number of aromatic nitrogens is 3. The van der Waals surface area contributed by atoms with E-state index in [-0.39, 0.29) is 11.9 Å². The molecule has 1 aliphatic heterocycles. The maximum atomic E-state index is 12.3. The molecular formula is C22H23N5O. The highest BCUT2D eigenvalue weighted by Gasteiger charge is 2.22. The Morgan fingerprint density at radius 1 is 1.07 bits per heavy atom. The summed E-state index contributed by atoms with van der Waals surface area (Å²) in [6.45, 7) is 2.78. The zero-order valence-electron chi connectivity index (χ0n) is 15.7. The molecule has 1 N–H and O–H groups in total. The molecule has 4 rings (SSSR count). The van der Waals surface area contributed by atoms with Crippen LogP contribution in [0.1, 0.15) is 28.9 Å². The number of nitrogens with zero attached hydrogens (tertiary/aromatic N) is 4. The zero-order chi connectivity index (χ0) is 19.2. The first-order valence-corrected chi connectivity index (χ1v) is 9.56. The van der Waals surface area contributed by atoms with E-state index in [0.29, 0.717) is 5.69 Å². The van der Waals surface area contributed by atoms with Gasteiger partial charge in [0.1, 0.15) is 12.0 Å². The van der Waals surface area contributed by atoms with Gasteiger partial charge >= 0.3 is 0 Å². The predicted molar refractivity (Wildman–Crippen MR) is 107 cm³/mol. The number of likely N-dealkylation sites (tertiary alicyclic amines) is 1. The fraction of sp³-hybridized carbons (Fsp3) is 0.273. The van der Waals surface area contributed by atoms with Crippen LogP contribution in [0.5, 0.6) is 0 Å². The van der Waals surface area contributed by atoms with Gasteiger partial charge in [0.15, 0.2) is 0 Å². The van der Waals surface area contributed by atoms with Crippen molar-refractivity contribution in [2.24, 2.45) is 0 Å². The maximum absolute atomic E-state index is 12.3. The lowest BCUT2D eigenvalue weighted by Crippen LogP contribution is -2.47. The zero-order valence-corrected chi connectivity index (χ0v) is 15.7. The topological polar surface area (TPSA) is 71.0 Å². The second kappa shape index (κ2) is 8.71. The molecule has 1 aromatic carbocycles. The minimum absolute atomic E-state index is 0.0955. The number of rotatable bonds is 5. The van der Waals surface area contributed by atoms with Crippen LogP contribution in [-0.2, 0) is 6.54 Å². The summed E-state index contributed by atoms with van der Waals surface area (Å²) in [6.07, 6.45) is 8.91. The van der Waals surface area contributed by atoms with E-state index >= 15 is 0 Å². The first kappa shape index (κ1) is 18.3. The standard InChI is InChI=1S/C22H23N5O/c28-22(21-5-1-2-10-25-21)26-20-4-3-11-27(15-20)14-17-6-8-18(9-7-17)19-12-23-16-24-13-19/h1-2,5-10,12-13,16,20H,3-4,11,14-15H2,(H,26,28). The van der Waals surface area contributed by atoms with E-state index in [1.807, 2.05) is 24.5 Å². The minimum atomic E-state index is -0.0955. The number of amides is 1. The number of pyridine rings is 1. The van der Waals surface area contributed by atoms with E-state index in [1.54, 1.807) is 12.3 Å². The molecule has 0 aliphatic carbocycles. The molecule has 1 fully saturated rings. The van der Waals surface area contributed by atoms with Crippen molar-refractivity contribution in [1.82, 2.24) is 25.2 Å². The monoisotopic (exact) mass is 373 g/mol. The fourth-order valence-corrected chi connectivity index (χ4v) is 3.58. The molecule has 1 unspecified atom stereocenters. The average Bonchev–Trinajstić information content (AvgIpc) is 2.76. The van der Waals surface area contributed by atoms with E-state index in [4.69, 9.17) is 0 Å². The maximum Gasteiger partial charge on any atom is 0.270 e. The minimum Gasteiger partial charge on any atom is -0.347 e. The lowest BCUT2D eigenvalue weighted by atomic mass is 10.0. The molecule has 142 valence electrons. The van der Waals surface area contributed by atoms with Gasteiger partial charge in [-0.2, -0.15) is 0 Å². The Balaban J connectivity index is 1.34. The number of nitrogens with one attached hydrogen (secondary N) is 1. The van der Waals surface area contributed by atoms with Crippen LogP contribution in [0, 0.1) is 0 Å². The SMILES string of the molecule is O=C(NC1CCCN(Cc2ccc(-c3cncnc3)cc2)C1)c1ccccn1. The summed E-state index contributed by atoms with van der Waals surface area (Å²) in [5.41, 5.74) is 3.87. The van der Waals surface area contributed by atoms with Gasteiger partial charge in [-0.05, 0) is 42.6 Å². The van der Waals surface area contributed by atoms with Crippen LogP contribution >= 0.6 is 0 Å². The number of carbonyl (C=O) groups excluding carboxylic acids is 1. The number of hydrogen-bond donors (Lipinski definition) is 1. The summed E-state index contributed by atoms with van der Waals surface area (Å²) < 4.78 is 0. The van der Waals surface area contributed by atoms with Gasteiger partial charge in [-0.15, -0.1) is 0 Å². The molecule has 1 saturated heterocycles. The second-order valence-corrected chi connectivity index (χ2v) is 7.09. The molecule has 6 nitrogen and oxygen atoms in total. The number of piperidine rings is 1. The van der Waals surface area contributed by atoms with Gasteiger partial charge in [0.05, 0.1) is 0 Å². The third kappa shape index (κ3) is 4.58. The van der Waals surface area contributed by atoms with Crippen molar-refractivity contribution in [2.45, 2.75) is 25.4 Å². The van der Waals surface area contributed by atoms with Gasteiger partial charge in [0.25, 0.3) is 5.91 Å². The van der Waals surface area contributed by atoms with Gasteiger partial charge in [-0.25, -0.2) is 9.97 Å². The van der Waals surface area contributed by atoms with Crippen LogP contribution in [0.25, 0.3) is 11.1 Å². The Labute approximate surface area is 164 Å². The van der Waals surface area contributed by atoms with Crippen molar-refractivity contribution < 1.29 is 4.79 Å². The molecule has 3 heterocycles. The summed E-state index contributed by atoms with van der Waals surface area (Å²) in [7, 11) is 0. The summed E-state index contributed by atoms with van der Waals surface area (Å²) in [5, 5.41) is 3.12. The number of benzene rings is 1. The molecule has 0 bridgehead atoms. The molecule has 1 amide bonds. The average molecular weight is 373 g/mol. The third-order valence-corrected chi connectivity index (χ3v) is 4.99. The van der Waals surface area contributed by atoms with E-state index in [1.165, 1.54) is 11.9 Å². The molecule has 6 heteroatoms. The predicted octanol–water partition coefficient (Wildman–Crippen LogP) is 2.93. The first-order chi connectivity index (χ1) is 13.8. The Morgan fingerprint density at radius 2 is 1.89 bits per heavy atom. The summed E-state index contributed by atoms with van der Waals surface area (Å²) >= 11 is 0. The number of carbonyl (C=O) groups is 1. The van der Waals surface area contributed by atoms with Crippen molar-refractivity contribution >= 4 is 5.91 Å². The van der Waals surface area contributed by atoms with E-state index < -0.39 is 0 Å². The highest BCUT2D eigenvalue weighted by Crippen LogP contribution is 2.19. The van der Waals surface area contributed by atoms with Crippen molar-refractivity contribution in [3.05, 3.63) is 78.6 Å². The van der Waals surface area contributed by atoms with Crippen LogP contribution in [-0.4, -0.2) is 44.9 Å². The lowest BCUT2D eigenvalue weighted by Gasteiger charge is -2.33. The van der Waals surface area contributed by atoms with Gasteiger partial charge < -0.3 is 5.32 Å². The lowest BCUT2D eigenvalue weighted by molar-refractivity contribution is 0.0896. The van der Waals surface area contributed by atoms with E-state index in [2.05, 4.69) is 49.4 Å². The van der Waals surface area contributed by atoms with E-state index in [0.717, 1.165) is 43.6 Å². The summed E-state index contributed by atoms with van der Waals surface area (Å²) in [6, 6.07) is 14.1.